The predicted molar refractivity (Wildman–Crippen MR) is 17.6 cm³/mol. The van der Waals surface area contributed by atoms with Crippen LogP contribution in [0.3, 0.4) is 0 Å². The summed E-state index contributed by atoms with van der Waals surface area (Å²) in [5, 5.41) is 9.44. The number of tetrazole rings is 1. The van der Waals surface area contributed by atoms with Gasteiger partial charge in [-0.3, -0.25) is 0 Å². The number of rotatable bonds is 0. The fourth-order valence-electron chi connectivity index (χ4n) is 0.225. The van der Waals surface area contributed by atoms with Gasteiger partial charge in [-0.1, -0.05) is 5.21 Å². The number of hydrogen-bond donors (Lipinski definition) is 1. The van der Waals surface area contributed by atoms with E-state index in [1.807, 2.05) is 7.05 Å². The summed E-state index contributed by atoms with van der Waals surface area (Å²) in [5.41, 5.74) is 0. The van der Waals surface area contributed by atoms with E-state index in [9.17, 15) is 0 Å². The second-order valence-corrected chi connectivity index (χ2v) is 2.18. The smallest absolute Gasteiger partial charge is 0.222 e. The molecule has 1 rings (SSSR count). The predicted octanol–water partition coefficient (Wildman–Crippen LogP) is -6.13. The summed E-state index contributed by atoms with van der Waals surface area (Å²) >= 11 is 0. The van der Waals surface area contributed by atoms with Gasteiger partial charge >= 0.3 is 0 Å². The van der Waals surface area contributed by atoms with Crippen LogP contribution in [0.4, 0.5) is 0 Å². The topological polar surface area (TPSA) is 138 Å². The van der Waals surface area contributed by atoms with E-state index >= 15 is 0 Å². The first kappa shape index (κ1) is 10.2. The lowest BCUT2D eigenvalue weighted by atomic mass is 11.2. The largest absolute Gasteiger partial charge is 0.288 e. The van der Waals surface area contributed by atoms with Crippen molar-refractivity contribution in [2.45, 2.75) is 0 Å². The van der Waals surface area contributed by atoms with Crippen molar-refractivity contribution in [3.8, 4) is 0 Å². The van der Waals surface area contributed by atoms with Crippen LogP contribution < -0.4 is 23.3 Å². The summed E-state index contributed by atoms with van der Waals surface area (Å²) in [5.74, 6) is 0. The first-order valence-electron chi connectivity index (χ1n) is 2.23. The van der Waals surface area contributed by atoms with Gasteiger partial charge < -0.3 is 0 Å². The Balaban J connectivity index is 0.000000187. The van der Waals surface area contributed by atoms with Crippen LogP contribution in [0.25, 0.3) is 0 Å². The second kappa shape index (κ2) is 4.16. The molecule has 9 heteroatoms. The Hall–Kier alpha value is -0.800. The molecule has 0 saturated heterocycles. The maximum absolute atomic E-state index is 8.49. The minimum atomic E-state index is -4.94. The van der Waals surface area contributed by atoms with Crippen LogP contribution in [0.2, 0.25) is 0 Å². The molecular formula is C2H5ClN4O4. The van der Waals surface area contributed by atoms with Crippen molar-refractivity contribution in [1.82, 2.24) is 15.5 Å². The molecule has 0 aliphatic rings. The third-order valence-electron chi connectivity index (χ3n) is 0.485. The lowest BCUT2D eigenvalue weighted by Crippen LogP contribution is -2.68. The molecule has 64 valence electrons. The molecule has 1 aromatic rings. The van der Waals surface area contributed by atoms with Gasteiger partial charge in [-0.05, 0) is 0 Å². The van der Waals surface area contributed by atoms with Gasteiger partial charge in [-0.2, -0.15) is 4.68 Å². The third-order valence-corrected chi connectivity index (χ3v) is 0.485. The Morgan fingerprint density at radius 3 is 1.91 bits per heavy atom. The Morgan fingerprint density at radius 1 is 1.36 bits per heavy atom. The summed E-state index contributed by atoms with van der Waals surface area (Å²) in [7, 11) is -3.12. The molecule has 0 fully saturated rings. The van der Waals surface area contributed by atoms with Crippen LogP contribution in [0.15, 0.2) is 6.33 Å². The number of aromatic nitrogens is 4. The van der Waals surface area contributed by atoms with Gasteiger partial charge in [0.25, 0.3) is 6.33 Å². The Bertz CT molecular complexity index is 176. The molecule has 0 aliphatic carbocycles. The molecule has 0 aliphatic heterocycles. The fraction of sp³-hybridized carbons (Fsp3) is 0.500. The van der Waals surface area contributed by atoms with E-state index in [1.54, 1.807) is 11.0 Å². The van der Waals surface area contributed by atoms with E-state index in [0.717, 1.165) is 0 Å². The molecule has 0 atom stereocenters. The lowest BCUT2D eigenvalue weighted by molar-refractivity contribution is -2.00. The molecule has 1 aromatic heterocycles. The third kappa shape index (κ3) is 12.4. The van der Waals surface area contributed by atoms with Gasteiger partial charge in [0.2, 0.25) is 0 Å². The molecule has 11 heavy (non-hydrogen) atoms. The fourth-order valence-corrected chi connectivity index (χ4v) is 0.225. The first-order chi connectivity index (χ1) is 4.89. The van der Waals surface area contributed by atoms with Crippen molar-refractivity contribution in [2.75, 3.05) is 0 Å². The molecule has 0 aromatic carbocycles. The number of nitrogens with zero attached hydrogens (tertiary/aromatic N) is 3. The molecular weight excluding hydrogens is 179 g/mol. The Labute approximate surface area is 63.4 Å². The van der Waals surface area contributed by atoms with Crippen LogP contribution in [0.1, 0.15) is 0 Å². The maximum atomic E-state index is 8.49. The quantitative estimate of drug-likeness (QED) is 0.398. The average molecular weight is 185 g/mol. The van der Waals surface area contributed by atoms with E-state index in [1.165, 1.54) is 0 Å². The van der Waals surface area contributed by atoms with E-state index in [0.29, 0.717) is 0 Å². The molecule has 0 unspecified atom stereocenters. The van der Waals surface area contributed by atoms with Crippen LogP contribution in [-0.4, -0.2) is 15.5 Å². The van der Waals surface area contributed by atoms with Crippen molar-refractivity contribution in [2.24, 2.45) is 7.05 Å². The summed E-state index contributed by atoms with van der Waals surface area (Å²) in [6.07, 6.45) is 1.58. The zero-order valence-electron chi connectivity index (χ0n) is 5.43. The van der Waals surface area contributed by atoms with Crippen LogP contribution in [-0.2, 0) is 7.05 Å². The Morgan fingerprint density at radius 2 is 1.82 bits per heavy atom. The SMILES string of the molecule is C[n+]1cnn[nH]1.[O-][Cl+3]([O-])([O-])[O-]. The summed E-state index contributed by atoms with van der Waals surface area (Å²) in [4.78, 5) is 0. The zero-order chi connectivity index (χ0) is 8.91. The first-order valence-corrected chi connectivity index (χ1v) is 3.46. The summed E-state index contributed by atoms with van der Waals surface area (Å²) in [6.45, 7) is 0. The summed E-state index contributed by atoms with van der Waals surface area (Å²) in [6, 6.07) is 0. The highest BCUT2D eigenvalue weighted by Crippen LogP contribution is 1.49. The van der Waals surface area contributed by atoms with Crippen molar-refractivity contribution >= 4 is 0 Å². The Kier molecular flexibility index (Phi) is 3.85. The maximum Gasteiger partial charge on any atom is 0.288 e. The van der Waals surface area contributed by atoms with Gasteiger partial charge in [0.05, 0.1) is 7.05 Å². The van der Waals surface area contributed by atoms with E-state index in [4.69, 9.17) is 18.6 Å². The van der Waals surface area contributed by atoms with E-state index in [-0.39, 0.29) is 0 Å². The molecule has 8 nitrogen and oxygen atoms in total. The highest BCUT2D eigenvalue weighted by atomic mass is 35.7. The highest BCUT2D eigenvalue weighted by molar-refractivity contribution is 4.09. The number of aromatic amines is 1. The minimum absolute atomic E-state index is 1.58. The standard InChI is InChI=1S/C2H4N4.ClHO4/c1-6-2-3-4-5-6;2-1(3,4)5/h2H,1H3;(H,2,3,4,5). The van der Waals surface area contributed by atoms with E-state index < -0.39 is 10.2 Å². The van der Waals surface area contributed by atoms with Crippen molar-refractivity contribution in [3.05, 3.63) is 6.33 Å². The molecule has 1 N–H and O–H groups in total. The normalized spacial score (nSPS) is 10.3. The number of H-pyrrole nitrogens is 1. The molecule has 0 amide bonds. The molecule has 0 saturated carbocycles. The van der Waals surface area contributed by atoms with Gasteiger partial charge in [0.15, 0.2) is 5.21 Å². The zero-order valence-corrected chi connectivity index (χ0v) is 6.19. The molecule has 0 radical (unpaired) electrons. The van der Waals surface area contributed by atoms with Crippen molar-refractivity contribution in [3.63, 3.8) is 0 Å². The number of aryl methyl sites for hydroxylation is 1. The van der Waals surface area contributed by atoms with Crippen LogP contribution in [0.5, 0.6) is 0 Å². The van der Waals surface area contributed by atoms with Crippen molar-refractivity contribution in [1.29, 1.82) is 0 Å². The van der Waals surface area contributed by atoms with E-state index in [2.05, 4.69) is 15.5 Å². The van der Waals surface area contributed by atoms with Gasteiger partial charge in [0.1, 0.15) is 5.10 Å². The van der Waals surface area contributed by atoms with Crippen LogP contribution in [0, 0.1) is 10.2 Å². The highest BCUT2D eigenvalue weighted by Gasteiger charge is 1.84. The minimum Gasteiger partial charge on any atom is -0.222 e. The molecule has 0 spiro atoms. The number of hydrogen-bond acceptors (Lipinski definition) is 6. The monoisotopic (exact) mass is 184 g/mol. The molecule has 1 heterocycles. The average Bonchev–Trinajstić information content (AvgIpc) is 2.12. The number of halogens is 1. The van der Waals surface area contributed by atoms with Crippen LogP contribution >= 0.6 is 0 Å². The lowest BCUT2D eigenvalue weighted by Gasteiger charge is -2.17. The van der Waals surface area contributed by atoms with Gasteiger partial charge in [0, 0.05) is 0 Å². The second-order valence-electron chi connectivity index (χ2n) is 1.42. The molecule has 0 bridgehead atoms. The van der Waals surface area contributed by atoms with Crippen molar-refractivity contribution < 1.29 is 33.6 Å². The number of nitrogens with one attached hydrogen (secondary N) is 1. The van der Waals surface area contributed by atoms with Gasteiger partial charge in [-0.15, -0.1) is 10.2 Å². The van der Waals surface area contributed by atoms with Gasteiger partial charge in [-0.25, -0.2) is 18.6 Å². The summed E-state index contributed by atoms with van der Waals surface area (Å²) < 4.78 is 35.6.